The number of carbonyl (C=O) groups is 1. The first kappa shape index (κ1) is 16.7. The molecule has 0 aliphatic carbocycles. The molecule has 4 aromatic rings. The number of aromatic nitrogens is 3. The molecule has 6 heteroatoms. The molecule has 0 saturated heterocycles. The van der Waals surface area contributed by atoms with Crippen LogP contribution in [0.4, 0.5) is 0 Å². The Kier molecular flexibility index (Phi) is 4.22. The summed E-state index contributed by atoms with van der Waals surface area (Å²) in [6.45, 7) is 0.338. The molecular formula is C21H15N3O3. The third kappa shape index (κ3) is 3.20. The Labute approximate surface area is 154 Å². The summed E-state index contributed by atoms with van der Waals surface area (Å²) in [4.78, 5) is 28.3. The lowest BCUT2D eigenvalue weighted by Gasteiger charge is -2.11. The van der Waals surface area contributed by atoms with Crippen molar-refractivity contribution in [2.75, 3.05) is 0 Å². The van der Waals surface area contributed by atoms with Crippen LogP contribution in [0.2, 0.25) is 0 Å². The summed E-state index contributed by atoms with van der Waals surface area (Å²) in [5.41, 5.74) is 2.67. The second-order valence-corrected chi connectivity index (χ2v) is 6.08. The van der Waals surface area contributed by atoms with E-state index in [2.05, 4.69) is 10.1 Å². The van der Waals surface area contributed by atoms with Crippen LogP contribution in [0.25, 0.3) is 22.2 Å². The van der Waals surface area contributed by atoms with Crippen molar-refractivity contribution >= 4 is 16.9 Å². The number of hydrogen-bond donors (Lipinski definition) is 1. The highest BCUT2D eigenvalue weighted by Gasteiger charge is 2.14. The van der Waals surface area contributed by atoms with Gasteiger partial charge in [0.05, 0.1) is 17.5 Å². The van der Waals surface area contributed by atoms with Crippen LogP contribution in [0, 0.1) is 0 Å². The fourth-order valence-electron chi connectivity index (χ4n) is 2.95. The van der Waals surface area contributed by atoms with Crippen molar-refractivity contribution in [1.29, 1.82) is 0 Å². The molecule has 6 nitrogen and oxygen atoms in total. The zero-order chi connectivity index (χ0) is 18.8. The van der Waals surface area contributed by atoms with E-state index in [1.165, 1.54) is 16.8 Å². The summed E-state index contributed by atoms with van der Waals surface area (Å²) in [6.07, 6.45) is 1.61. The first-order valence-corrected chi connectivity index (χ1v) is 8.37. The molecule has 2 aromatic heterocycles. The van der Waals surface area contributed by atoms with Gasteiger partial charge in [-0.3, -0.25) is 9.78 Å². The fraction of sp³-hybridized carbons (Fsp3) is 0.0476. The topological polar surface area (TPSA) is 85.1 Å². The molecule has 0 aliphatic heterocycles. The number of carboxylic acids is 1. The van der Waals surface area contributed by atoms with Gasteiger partial charge in [0.2, 0.25) is 0 Å². The van der Waals surface area contributed by atoms with Crippen molar-refractivity contribution < 1.29 is 9.90 Å². The summed E-state index contributed by atoms with van der Waals surface area (Å²) < 4.78 is 1.42. The molecule has 27 heavy (non-hydrogen) atoms. The second kappa shape index (κ2) is 6.84. The van der Waals surface area contributed by atoms with Crippen molar-refractivity contribution in [2.24, 2.45) is 0 Å². The van der Waals surface area contributed by atoms with E-state index < -0.39 is 5.97 Å². The smallest absolute Gasteiger partial charge is 0.335 e. The number of rotatable bonds is 4. The van der Waals surface area contributed by atoms with E-state index in [-0.39, 0.29) is 11.1 Å². The molecule has 0 radical (unpaired) electrons. The van der Waals surface area contributed by atoms with Gasteiger partial charge < -0.3 is 5.11 Å². The Balaban J connectivity index is 1.90. The van der Waals surface area contributed by atoms with Crippen LogP contribution in [-0.2, 0) is 6.54 Å². The van der Waals surface area contributed by atoms with Crippen LogP contribution in [0.3, 0.4) is 0 Å². The number of pyridine rings is 1. The molecule has 132 valence electrons. The second-order valence-electron chi connectivity index (χ2n) is 6.08. The molecular weight excluding hydrogens is 342 g/mol. The van der Waals surface area contributed by atoms with Gasteiger partial charge in [0.25, 0.3) is 5.56 Å². The normalized spacial score (nSPS) is 10.8. The van der Waals surface area contributed by atoms with Gasteiger partial charge in [-0.1, -0.05) is 42.5 Å². The van der Waals surface area contributed by atoms with E-state index in [4.69, 9.17) is 5.11 Å². The Morgan fingerprint density at radius 2 is 1.70 bits per heavy atom. The van der Waals surface area contributed by atoms with Gasteiger partial charge in [0, 0.05) is 11.8 Å². The van der Waals surface area contributed by atoms with Gasteiger partial charge in [-0.05, 0) is 29.8 Å². The maximum absolute atomic E-state index is 12.8. The highest BCUT2D eigenvalue weighted by molar-refractivity contribution is 5.92. The average Bonchev–Trinajstić information content (AvgIpc) is 2.71. The summed E-state index contributed by atoms with van der Waals surface area (Å²) in [5, 5.41) is 14.1. The third-order valence-corrected chi connectivity index (χ3v) is 4.30. The van der Waals surface area contributed by atoms with Crippen molar-refractivity contribution in [3.05, 3.63) is 94.4 Å². The summed E-state index contributed by atoms with van der Waals surface area (Å²) >= 11 is 0. The largest absolute Gasteiger partial charge is 0.478 e. The maximum Gasteiger partial charge on any atom is 0.335 e. The Morgan fingerprint density at radius 1 is 0.963 bits per heavy atom. The molecule has 1 N–H and O–H groups in total. The van der Waals surface area contributed by atoms with Crippen LogP contribution < -0.4 is 5.56 Å². The minimum atomic E-state index is -0.994. The first-order chi connectivity index (χ1) is 13.1. The molecule has 0 atom stereocenters. The van der Waals surface area contributed by atoms with E-state index in [9.17, 15) is 9.59 Å². The summed E-state index contributed by atoms with van der Waals surface area (Å²) in [6, 6.07) is 19.4. The van der Waals surface area contributed by atoms with Crippen LogP contribution in [0.15, 0.2) is 77.7 Å². The lowest BCUT2D eigenvalue weighted by Crippen LogP contribution is -2.24. The lowest BCUT2D eigenvalue weighted by atomic mass is 10.1. The molecule has 2 aromatic carbocycles. The molecule has 0 saturated carbocycles. The number of benzene rings is 2. The van der Waals surface area contributed by atoms with Crippen molar-refractivity contribution in [2.45, 2.75) is 6.54 Å². The number of hydrogen-bond acceptors (Lipinski definition) is 4. The molecule has 0 bridgehead atoms. The average molecular weight is 357 g/mol. The van der Waals surface area contributed by atoms with Gasteiger partial charge in [-0.2, -0.15) is 5.10 Å². The Morgan fingerprint density at radius 3 is 2.41 bits per heavy atom. The Hall–Kier alpha value is -3.80. The molecule has 0 aliphatic rings. The van der Waals surface area contributed by atoms with E-state index in [0.717, 1.165) is 5.56 Å². The number of aromatic carboxylic acids is 1. The summed E-state index contributed by atoms with van der Waals surface area (Å²) in [7, 11) is 0. The molecule has 0 unspecified atom stereocenters. The third-order valence-electron chi connectivity index (χ3n) is 4.30. The van der Waals surface area contributed by atoms with Gasteiger partial charge in [0.1, 0.15) is 11.2 Å². The van der Waals surface area contributed by atoms with Gasteiger partial charge in [0.15, 0.2) is 0 Å². The number of fused-ring (bicyclic) bond motifs is 1. The first-order valence-electron chi connectivity index (χ1n) is 8.37. The molecule has 0 spiro atoms. The highest BCUT2D eigenvalue weighted by atomic mass is 16.4. The summed E-state index contributed by atoms with van der Waals surface area (Å²) in [5.74, 6) is -0.994. The zero-order valence-corrected chi connectivity index (χ0v) is 14.2. The standard InChI is InChI=1S/C21H15N3O3/c25-20-17-7-4-12-22-19(17)18(15-8-10-16(11-9-15)21(26)27)23-24(20)13-14-5-2-1-3-6-14/h1-12H,13H2,(H,26,27). The molecule has 2 heterocycles. The monoisotopic (exact) mass is 357 g/mol. The fourth-order valence-corrected chi connectivity index (χ4v) is 2.95. The van der Waals surface area contributed by atoms with Crippen molar-refractivity contribution in [3.63, 3.8) is 0 Å². The van der Waals surface area contributed by atoms with Gasteiger partial charge in [-0.25, -0.2) is 9.48 Å². The van der Waals surface area contributed by atoms with E-state index in [1.807, 2.05) is 30.3 Å². The van der Waals surface area contributed by atoms with Gasteiger partial charge >= 0.3 is 5.97 Å². The van der Waals surface area contributed by atoms with E-state index in [1.54, 1.807) is 30.5 Å². The minimum Gasteiger partial charge on any atom is -0.478 e. The van der Waals surface area contributed by atoms with Crippen molar-refractivity contribution in [3.8, 4) is 11.3 Å². The van der Waals surface area contributed by atoms with Crippen LogP contribution in [0.5, 0.6) is 0 Å². The lowest BCUT2D eigenvalue weighted by molar-refractivity contribution is 0.0697. The van der Waals surface area contributed by atoms with Crippen LogP contribution >= 0.6 is 0 Å². The molecule has 4 rings (SSSR count). The van der Waals surface area contributed by atoms with Crippen LogP contribution in [0.1, 0.15) is 15.9 Å². The predicted molar refractivity (Wildman–Crippen MR) is 102 cm³/mol. The Bertz CT molecular complexity index is 1180. The SMILES string of the molecule is O=C(O)c1ccc(-c2nn(Cc3ccccc3)c(=O)c3cccnc23)cc1. The number of nitrogens with zero attached hydrogens (tertiary/aromatic N) is 3. The van der Waals surface area contributed by atoms with Crippen molar-refractivity contribution in [1.82, 2.24) is 14.8 Å². The van der Waals surface area contributed by atoms with E-state index >= 15 is 0 Å². The number of carboxylic acid groups (broad SMARTS) is 1. The molecule has 0 amide bonds. The highest BCUT2D eigenvalue weighted by Crippen LogP contribution is 2.23. The zero-order valence-electron chi connectivity index (χ0n) is 14.2. The molecule has 0 fully saturated rings. The maximum atomic E-state index is 12.8. The van der Waals surface area contributed by atoms with E-state index in [0.29, 0.717) is 28.7 Å². The predicted octanol–water partition coefficient (Wildman–Crippen LogP) is 3.21. The van der Waals surface area contributed by atoms with Crippen LogP contribution in [-0.4, -0.2) is 25.8 Å². The quantitative estimate of drug-likeness (QED) is 0.606. The van der Waals surface area contributed by atoms with Gasteiger partial charge in [-0.15, -0.1) is 0 Å². The minimum absolute atomic E-state index is 0.189.